The monoisotopic (exact) mass is 339 g/mol. The predicted octanol–water partition coefficient (Wildman–Crippen LogP) is 2.83. The molecule has 3 rings (SSSR count). The third-order valence-electron chi connectivity index (χ3n) is 4.19. The molecular weight excluding hydrogens is 318 g/mol. The Morgan fingerprint density at radius 2 is 1.71 bits per heavy atom. The molecule has 0 atom stereocenters. The van der Waals surface area contributed by atoms with Crippen LogP contribution in [0.3, 0.4) is 0 Å². The van der Waals surface area contributed by atoms with Crippen LogP contribution < -0.4 is 10.2 Å². The Kier molecular flexibility index (Phi) is 5.11. The maximum atomic E-state index is 12.3. The van der Waals surface area contributed by atoms with Crippen LogP contribution in [0.15, 0.2) is 54.6 Å². The van der Waals surface area contributed by atoms with Crippen LogP contribution in [0.4, 0.5) is 5.69 Å². The molecule has 0 aromatic heterocycles. The van der Waals surface area contributed by atoms with Gasteiger partial charge in [0.25, 0.3) is 5.91 Å². The first-order valence-corrected chi connectivity index (χ1v) is 8.51. The molecule has 0 radical (unpaired) electrons. The fourth-order valence-electron chi connectivity index (χ4n) is 2.84. The van der Waals surface area contributed by atoms with Gasteiger partial charge in [-0.15, -0.1) is 0 Å². The van der Waals surface area contributed by atoms with Gasteiger partial charge in [0.1, 0.15) is 0 Å². The van der Waals surface area contributed by atoms with Gasteiger partial charge in [-0.05, 0) is 43.4 Å². The minimum Gasteiger partial charge on any atom is -0.368 e. The Morgan fingerprint density at radius 1 is 1.00 bits per heavy atom. The molecule has 1 aliphatic heterocycles. The van der Waals surface area contributed by atoms with Crippen molar-refractivity contribution < 1.29 is 4.79 Å². The highest BCUT2D eigenvalue weighted by Gasteiger charge is 2.20. The zero-order valence-electron chi connectivity index (χ0n) is 13.7. The maximum absolute atomic E-state index is 12.3. The molecule has 0 bridgehead atoms. The number of carbonyl (C=O) groups is 1. The van der Waals surface area contributed by atoms with Gasteiger partial charge in [0.05, 0.1) is 0 Å². The molecule has 1 saturated heterocycles. The second-order valence-electron chi connectivity index (χ2n) is 5.94. The fraction of sp³-hybridized carbons (Fsp3) is 0.263. The summed E-state index contributed by atoms with van der Waals surface area (Å²) in [5, 5.41) is 3.36. The highest BCUT2D eigenvalue weighted by Crippen LogP contribution is 2.15. The summed E-state index contributed by atoms with van der Waals surface area (Å²) in [5.74, 6) is -0.144. The Bertz CT molecular complexity index is 724. The van der Waals surface area contributed by atoms with E-state index in [0.717, 1.165) is 31.7 Å². The van der Waals surface area contributed by atoms with Gasteiger partial charge in [0.15, 0.2) is 5.11 Å². The molecule has 0 spiro atoms. The number of nitrogens with one attached hydrogen (secondary N) is 1. The van der Waals surface area contributed by atoms with Crippen LogP contribution in [0, 0.1) is 6.92 Å². The number of benzene rings is 2. The van der Waals surface area contributed by atoms with E-state index < -0.39 is 0 Å². The number of aryl methyl sites for hydroxylation is 1. The lowest BCUT2D eigenvalue weighted by atomic mass is 10.1. The molecule has 0 unspecified atom stereocenters. The van der Waals surface area contributed by atoms with E-state index in [1.807, 2.05) is 31.2 Å². The molecule has 2 aromatic rings. The van der Waals surface area contributed by atoms with Crippen molar-refractivity contribution in [1.29, 1.82) is 0 Å². The van der Waals surface area contributed by atoms with E-state index in [9.17, 15) is 4.79 Å². The van der Waals surface area contributed by atoms with E-state index >= 15 is 0 Å². The lowest BCUT2D eigenvalue weighted by Crippen LogP contribution is -2.52. The van der Waals surface area contributed by atoms with Crippen molar-refractivity contribution in [2.24, 2.45) is 0 Å². The molecular formula is C19H21N3OS. The van der Waals surface area contributed by atoms with Gasteiger partial charge in [-0.3, -0.25) is 10.1 Å². The van der Waals surface area contributed by atoms with Gasteiger partial charge in [0.2, 0.25) is 0 Å². The molecule has 2 aromatic carbocycles. The number of amides is 1. The molecule has 1 heterocycles. The van der Waals surface area contributed by atoms with E-state index in [-0.39, 0.29) is 5.91 Å². The molecule has 124 valence electrons. The number of carbonyl (C=O) groups excluding carboxylic acids is 1. The Labute approximate surface area is 148 Å². The molecule has 1 fully saturated rings. The third kappa shape index (κ3) is 3.92. The first kappa shape index (κ1) is 16.5. The average Bonchev–Trinajstić information content (AvgIpc) is 2.62. The van der Waals surface area contributed by atoms with E-state index in [4.69, 9.17) is 12.2 Å². The molecule has 1 N–H and O–H groups in total. The van der Waals surface area contributed by atoms with E-state index in [1.54, 1.807) is 6.07 Å². The molecule has 0 saturated carbocycles. The van der Waals surface area contributed by atoms with Crippen molar-refractivity contribution in [3.05, 3.63) is 65.7 Å². The summed E-state index contributed by atoms with van der Waals surface area (Å²) in [4.78, 5) is 16.7. The first-order chi connectivity index (χ1) is 11.6. The number of hydrogen-bond acceptors (Lipinski definition) is 3. The highest BCUT2D eigenvalue weighted by atomic mass is 32.1. The van der Waals surface area contributed by atoms with E-state index in [1.165, 1.54) is 5.69 Å². The molecule has 4 nitrogen and oxygen atoms in total. The molecule has 5 heteroatoms. The van der Waals surface area contributed by atoms with Gasteiger partial charge in [0, 0.05) is 37.4 Å². The minimum atomic E-state index is -0.144. The average molecular weight is 339 g/mol. The normalized spacial score (nSPS) is 14.4. The van der Waals surface area contributed by atoms with Gasteiger partial charge in [-0.2, -0.15) is 0 Å². The van der Waals surface area contributed by atoms with Crippen molar-refractivity contribution in [3.63, 3.8) is 0 Å². The van der Waals surface area contributed by atoms with E-state index in [0.29, 0.717) is 10.7 Å². The summed E-state index contributed by atoms with van der Waals surface area (Å²) >= 11 is 5.41. The molecule has 24 heavy (non-hydrogen) atoms. The lowest BCUT2D eigenvalue weighted by molar-refractivity contribution is 0.0973. The number of rotatable bonds is 2. The lowest BCUT2D eigenvalue weighted by Gasteiger charge is -2.37. The SMILES string of the molecule is Cc1cccc(C(=O)NC(=S)N2CCN(c3ccccc3)CC2)c1. The van der Waals surface area contributed by atoms with Crippen LogP contribution in [-0.4, -0.2) is 42.1 Å². The second-order valence-corrected chi connectivity index (χ2v) is 6.33. The number of para-hydroxylation sites is 1. The zero-order chi connectivity index (χ0) is 16.9. The number of nitrogens with zero attached hydrogens (tertiary/aromatic N) is 2. The van der Waals surface area contributed by atoms with Crippen molar-refractivity contribution in [2.75, 3.05) is 31.1 Å². The van der Waals surface area contributed by atoms with Gasteiger partial charge in [-0.25, -0.2) is 0 Å². The van der Waals surface area contributed by atoms with Crippen molar-refractivity contribution >= 4 is 28.9 Å². The Balaban J connectivity index is 1.55. The highest BCUT2D eigenvalue weighted by molar-refractivity contribution is 7.80. The standard InChI is InChI=1S/C19H21N3OS/c1-15-6-5-7-16(14-15)18(23)20-19(24)22-12-10-21(11-13-22)17-8-3-2-4-9-17/h2-9,14H,10-13H2,1H3,(H,20,23,24). The summed E-state index contributed by atoms with van der Waals surface area (Å²) in [5.41, 5.74) is 2.93. The topological polar surface area (TPSA) is 35.6 Å². The second kappa shape index (κ2) is 7.45. The zero-order valence-corrected chi connectivity index (χ0v) is 14.6. The largest absolute Gasteiger partial charge is 0.368 e. The third-order valence-corrected chi connectivity index (χ3v) is 4.55. The Hall–Kier alpha value is -2.40. The van der Waals surface area contributed by atoms with Gasteiger partial charge < -0.3 is 9.80 Å². The summed E-state index contributed by atoms with van der Waals surface area (Å²) in [6, 6.07) is 17.9. The summed E-state index contributed by atoms with van der Waals surface area (Å²) < 4.78 is 0. The molecule has 0 aliphatic carbocycles. The maximum Gasteiger partial charge on any atom is 0.257 e. The number of piperazine rings is 1. The summed E-state index contributed by atoms with van der Waals surface area (Å²) in [7, 11) is 0. The number of anilines is 1. The van der Waals surface area contributed by atoms with Crippen molar-refractivity contribution in [3.8, 4) is 0 Å². The van der Waals surface area contributed by atoms with Crippen molar-refractivity contribution in [1.82, 2.24) is 10.2 Å². The summed E-state index contributed by atoms with van der Waals surface area (Å²) in [6.07, 6.45) is 0. The van der Waals surface area contributed by atoms with Crippen LogP contribution in [0.5, 0.6) is 0 Å². The van der Waals surface area contributed by atoms with Crippen LogP contribution in [0.25, 0.3) is 0 Å². The molecule has 1 aliphatic rings. The van der Waals surface area contributed by atoms with Crippen LogP contribution >= 0.6 is 12.2 Å². The van der Waals surface area contributed by atoms with Crippen molar-refractivity contribution in [2.45, 2.75) is 6.92 Å². The Morgan fingerprint density at radius 3 is 2.38 bits per heavy atom. The first-order valence-electron chi connectivity index (χ1n) is 8.10. The number of thiocarbonyl (C=S) groups is 1. The van der Waals surface area contributed by atoms with Gasteiger partial charge >= 0.3 is 0 Å². The number of hydrogen-bond donors (Lipinski definition) is 1. The predicted molar refractivity (Wildman–Crippen MR) is 101 cm³/mol. The quantitative estimate of drug-likeness (QED) is 0.854. The van der Waals surface area contributed by atoms with E-state index in [2.05, 4.69) is 39.4 Å². The van der Waals surface area contributed by atoms with Crippen LogP contribution in [0.2, 0.25) is 0 Å². The minimum absolute atomic E-state index is 0.144. The molecule has 1 amide bonds. The smallest absolute Gasteiger partial charge is 0.257 e. The van der Waals surface area contributed by atoms with Gasteiger partial charge in [-0.1, -0.05) is 35.9 Å². The van der Waals surface area contributed by atoms with Crippen LogP contribution in [-0.2, 0) is 0 Å². The summed E-state index contributed by atoms with van der Waals surface area (Å²) in [6.45, 7) is 5.37. The fourth-order valence-corrected chi connectivity index (χ4v) is 3.12. The van der Waals surface area contributed by atoms with Crippen LogP contribution in [0.1, 0.15) is 15.9 Å².